The molecule has 0 aromatic carbocycles. The Hall–Kier alpha value is -0.690. The number of hydrogen-bond donors (Lipinski definition) is 1. The molecule has 0 amide bonds. The second-order valence-electron chi connectivity index (χ2n) is 5.09. The van der Waals surface area contributed by atoms with E-state index in [4.69, 9.17) is 4.74 Å². The Labute approximate surface area is 131 Å². The summed E-state index contributed by atoms with van der Waals surface area (Å²) in [5, 5.41) is 2.15. The SMILES string of the molecule is Brc1csc(CN2CCC(OCc3cnc[nH]3)CC2)c1. The third-order valence-electron chi connectivity index (χ3n) is 3.57. The number of ether oxygens (including phenoxy) is 1. The molecule has 2 aromatic heterocycles. The summed E-state index contributed by atoms with van der Waals surface area (Å²) in [4.78, 5) is 11.0. The Bertz CT molecular complexity index is 520. The molecule has 3 heterocycles. The molecule has 1 fully saturated rings. The lowest BCUT2D eigenvalue weighted by molar-refractivity contribution is -0.00494. The number of piperidine rings is 1. The zero-order valence-corrected chi connectivity index (χ0v) is 13.6. The van der Waals surface area contributed by atoms with Crippen LogP contribution in [0.4, 0.5) is 0 Å². The fraction of sp³-hybridized carbons (Fsp3) is 0.500. The quantitative estimate of drug-likeness (QED) is 0.893. The van der Waals surface area contributed by atoms with E-state index in [1.807, 2.05) is 17.5 Å². The second-order valence-corrected chi connectivity index (χ2v) is 7.01. The monoisotopic (exact) mass is 355 g/mol. The van der Waals surface area contributed by atoms with Gasteiger partial charge in [0.05, 0.1) is 30.9 Å². The van der Waals surface area contributed by atoms with E-state index in [1.54, 1.807) is 6.33 Å². The number of aromatic amines is 1. The lowest BCUT2D eigenvalue weighted by Gasteiger charge is -2.31. The fourth-order valence-corrected chi connectivity index (χ4v) is 3.95. The van der Waals surface area contributed by atoms with Gasteiger partial charge in [-0.1, -0.05) is 0 Å². The van der Waals surface area contributed by atoms with Crippen LogP contribution in [-0.2, 0) is 17.9 Å². The summed E-state index contributed by atoms with van der Waals surface area (Å²) in [5.41, 5.74) is 1.05. The van der Waals surface area contributed by atoms with E-state index in [0.29, 0.717) is 12.7 Å². The van der Waals surface area contributed by atoms with Crippen LogP contribution < -0.4 is 0 Å². The van der Waals surface area contributed by atoms with Crippen LogP contribution in [0.5, 0.6) is 0 Å². The molecule has 0 radical (unpaired) electrons. The third-order valence-corrected chi connectivity index (χ3v) is 5.25. The van der Waals surface area contributed by atoms with Gasteiger partial charge < -0.3 is 9.72 Å². The largest absolute Gasteiger partial charge is 0.372 e. The van der Waals surface area contributed by atoms with Crippen molar-refractivity contribution in [2.75, 3.05) is 13.1 Å². The van der Waals surface area contributed by atoms with Crippen molar-refractivity contribution in [3.05, 3.63) is 39.0 Å². The summed E-state index contributed by atoms with van der Waals surface area (Å²) in [6.45, 7) is 3.93. The van der Waals surface area contributed by atoms with E-state index >= 15 is 0 Å². The number of likely N-dealkylation sites (tertiary alicyclic amines) is 1. The van der Waals surface area contributed by atoms with Crippen molar-refractivity contribution in [1.29, 1.82) is 0 Å². The van der Waals surface area contributed by atoms with Gasteiger partial charge in [-0.2, -0.15) is 0 Å². The molecule has 2 aromatic rings. The Morgan fingerprint density at radius 3 is 2.95 bits per heavy atom. The molecule has 1 saturated heterocycles. The van der Waals surface area contributed by atoms with E-state index in [2.05, 4.69) is 42.2 Å². The molecule has 3 rings (SSSR count). The Morgan fingerprint density at radius 2 is 2.30 bits per heavy atom. The van der Waals surface area contributed by atoms with E-state index < -0.39 is 0 Å². The minimum absolute atomic E-state index is 0.379. The molecule has 0 unspecified atom stereocenters. The molecule has 0 aliphatic carbocycles. The van der Waals surface area contributed by atoms with Crippen molar-refractivity contribution in [3.8, 4) is 0 Å². The molecular weight excluding hydrogens is 338 g/mol. The average Bonchev–Trinajstić information content (AvgIpc) is 3.10. The maximum absolute atomic E-state index is 5.93. The summed E-state index contributed by atoms with van der Waals surface area (Å²) >= 11 is 5.33. The second kappa shape index (κ2) is 6.85. The number of imidazole rings is 1. The van der Waals surface area contributed by atoms with E-state index in [9.17, 15) is 0 Å². The number of thiophene rings is 1. The highest BCUT2D eigenvalue weighted by Gasteiger charge is 2.20. The molecular formula is C14H18BrN3OS. The van der Waals surface area contributed by atoms with Gasteiger partial charge in [-0.05, 0) is 34.8 Å². The van der Waals surface area contributed by atoms with Gasteiger partial charge in [0.15, 0.2) is 0 Å². The molecule has 1 N–H and O–H groups in total. The first-order chi connectivity index (χ1) is 9.79. The molecule has 1 aliphatic heterocycles. The maximum atomic E-state index is 5.93. The summed E-state index contributed by atoms with van der Waals surface area (Å²) < 4.78 is 7.12. The minimum atomic E-state index is 0.379. The van der Waals surface area contributed by atoms with Gasteiger partial charge in [0.1, 0.15) is 0 Å². The van der Waals surface area contributed by atoms with Crippen LogP contribution in [0, 0.1) is 0 Å². The molecule has 0 bridgehead atoms. The smallest absolute Gasteiger partial charge is 0.0922 e. The Morgan fingerprint density at radius 1 is 1.45 bits per heavy atom. The van der Waals surface area contributed by atoms with Crippen LogP contribution in [0.15, 0.2) is 28.4 Å². The first-order valence-electron chi connectivity index (χ1n) is 6.84. The van der Waals surface area contributed by atoms with Crippen LogP contribution in [0.3, 0.4) is 0 Å². The molecule has 6 heteroatoms. The van der Waals surface area contributed by atoms with Crippen molar-refractivity contribution in [1.82, 2.24) is 14.9 Å². The molecule has 108 valence electrons. The lowest BCUT2D eigenvalue weighted by Crippen LogP contribution is -2.36. The van der Waals surface area contributed by atoms with Crippen molar-refractivity contribution >= 4 is 27.3 Å². The van der Waals surface area contributed by atoms with E-state index in [-0.39, 0.29) is 0 Å². The normalized spacial score (nSPS) is 17.6. The average molecular weight is 356 g/mol. The number of nitrogens with zero attached hydrogens (tertiary/aromatic N) is 2. The first kappa shape index (κ1) is 14.3. The number of rotatable bonds is 5. The van der Waals surface area contributed by atoms with Crippen molar-refractivity contribution in [2.24, 2.45) is 0 Å². The number of hydrogen-bond acceptors (Lipinski definition) is 4. The van der Waals surface area contributed by atoms with Gasteiger partial charge in [0, 0.05) is 34.4 Å². The van der Waals surface area contributed by atoms with Crippen LogP contribution in [0.25, 0.3) is 0 Å². The lowest BCUT2D eigenvalue weighted by atomic mass is 10.1. The maximum Gasteiger partial charge on any atom is 0.0922 e. The highest BCUT2D eigenvalue weighted by Crippen LogP contribution is 2.23. The van der Waals surface area contributed by atoms with Gasteiger partial charge in [0.25, 0.3) is 0 Å². The van der Waals surface area contributed by atoms with Gasteiger partial charge >= 0.3 is 0 Å². The number of H-pyrrole nitrogens is 1. The molecule has 4 nitrogen and oxygen atoms in total. The van der Waals surface area contributed by atoms with E-state index in [0.717, 1.165) is 38.2 Å². The number of aromatic nitrogens is 2. The first-order valence-corrected chi connectivity index (χ1v) is 8.51. The standard InChI is InChI=1S/C14H18BrN3OS/c15-11-5-14(20-9-11)7-18-3-1-13(2-4-18)19-8-12-6-16-10-17-12/h5-6,9-10,13H,1-4,7-8H2,(H,16,17). The molecule has 0 spiro atoms. The van der Waals surface area contributed by atoms with Crippen LogP contribution in [0.1, 0.15) is 23.4 Å². The fourth-order valence-electron chi connectivity index (χ4n) is 2.46. The van der Waals surface area contributed by atoms with Crippen LogP contribution in [0.2, 0.25) is 0 Å². The van der Waals surface area contributed by atoms with Crippen molar-refractivity contribution in [2.45, 2.75) is 32.1 Å². The molecule has 0 saturated carbocycles. The minimum Gasteiger partial charge on any atom is -0.372 e. The zero-order valence-electron chi connectivity index (χ0n) is 11.2. The summed E-state index contributed by atoms with van der Waals surface area (Å²) in [7, 11) is 0. The molecule has 0 atom stereocenters. The van der Waals surface area contributed by atoms with Gasteiger partial charge in [-0.15, -0.1) is 11.3 Å². The number of nitrogens with one attached hydrogen (secondary N) is 1. The predicted molar refractivity (Wildman–Crippen MR) is 83.7 cm³/mol. The molecule has 1 aliphatic rings. The van der Waals surface area contributed by atoms with Gasteiger partial charge in [-0.25, -0.2) is 4.98 Å². The number of halogens is 1. The third kappa shape index (κ3) is 3.91. The summed E-state index contributed by atoms with van der Waals surface area (Å²) in [6, 6.07) is 2.21. The predicted octanol–water partition coefficient (Wildman–Crippen LogP) is 3.41. The van der Waals surface area contributed by atoms with E-state index in [1.165, 1.54) is 9.35 Å². The highest BCUT2D eigenvalue weighted by molar-refractivity contribution is 9.10. The highest BCUT2D eigenvalue weighted by atomic mass is 79.9. The Balaban J connectivity index is 1.40. The topological polar surface area (TPSA) is 41.1 Å². The Kier molecular flexibility index (Phi) is 4.88. The van der Waals surface area contributed by atoms with Gasteiger partial charge in [0.2, 0.25) is 0 Å². The zero-order chi connectivity index (χ0) is 13.8. The van der Waals surface area contributed by atoms with Gasteiger partial charge in [-0.3, -0.25) is 4.90 Å². The van der Waals surface area contributed by atoms with Crippen molar-refractivity contribution < 1.29 is 4.74 Å². The van der Waals surface area contributed by atoms with Crippen LogP contribution in [-0.4, -0.2) is 34.1 Å². The van der Waals surface area contributed by atoms with Crippen LogP contribution >= 0.6 is 27.3 Å². The molecule has 20 heavy (non-hydrogen) atoms. The van der Waals surface area contributed by atoms with Crippen molar-refractivity contribution in [3.63, 3.8) is 0 Å². The summed E-state index contributed by atoms with van der Waals surface area (Å²) in [6.07, 6.45) is 6.12. The summed E-state index contributed by atoms with van der Waals surface area (Å²) in [5.74, 6) is 0.